The minimum atomic E-state index is -0.725. The van der Waals surface area contributed by atoms with Gasteiger partial charge in [-0.25, -0.2) is 0 Å². The van der Waals surface area contributed by atoms with E-state index in [1.165, 1.54) is 0 Å². The van der Waals surface area contributed by atoms with Crippen LogP contribution in [-0.2, 0) is 0 Å². The number of nitrogens with one attached hydrogen (secondary N) is 1. The van der Waals surface area contributed by atoms with E-state index >= 15 is 0 Å². The Morgan fingerprint density at radius 1 is 1.36 bits per heavy atom. The van der Waals surface area contributed by atoms with Gasteiger partial charge in [0.25, 0.3) is 0 Å². The molecule has 0 spiro atoms. The van der Waals surface area contributed by atoms with E-state index in [0.717, 1.165) is 11.4 Å². The normalized spacial score (nSPS) is 12.2. The second-order valence-corrected chi connectivity index (χ2v) is 2.95. The lowest BCUT2D eigenvalue weighted by atomic mass is 10.3. The average Bonchev–Trinajstić information content (AvgIpc) is 2.26. The summed E-state index contributed by atoms with van der Waals surface area (Å²) in [5.74, 6) is 0.790. The summed E-state index contributed by atoms with van der Waals surface area (Å²) in [4.78, 5) is 0. The molecule has 0 bridgehead atoms. The van der Waals surface area contributed by atoms with Gasteiger partial charge >= 0.3 is 0 Å². The van der Waals surface area contributed by atoms with Crippen molar-refractivity contribution in [3.63, 3.8) is 0 Å². The Bertz CT molecular complexity index is 261. The van der Waals surface area contributed by atoms with Crippen LogP contribution in [-0.4, -0.2) is 36.6 Å². The summed E-state index contributed by atoms with van der Waals surface area (Å²) in [7, 11) is 1.61. The molecular formula is C10H15NO3. The Labute approximate surface area is 83.1 Å². The van der Waals surface area contributed by atoms with Gasteiger partial charge in [-0.1, -0.05) is 0 Å². The molecule has 0 aliphatic rings. The Hall–Kier alpha value is -1.26. The average molecular weight is 197 g/mol. The van der Waals surface area contributed by atoms with Crippen molar-refractivity contribution in [2.24, 2.45) is 0 Å². The Balaban J connectivity index is 2.43. The van der Waals surface area contributed by atoms with Crippen molar-refractivity contribution in [3.8, 4) is 5.75 Å². The minimum absolute atomic E-state index is 0.233. The van der Waals surface area contributed by atoms with Crippen LogP contribution in [0, 0.1) is 0 Å². The maximum atomic E-state index is 9.08. The molecule has 0 aliphatic heterocycles. The number of methoxy groups -OCH3 is 1. The standard InChI is InChI=1S/C10H15NO3/c1-14-10-4-2-8(3-5-10)11-6-9(13)7-12/h2-5,9,11-13H,6-7H2,1H3. The zero-order valence-corrected chi connectivity index (χ0v) is 8.10. The van der Waals surface area contributed by atoms with Crippen LogP contribution >= 0.6 is 0 Å². The van der Waals surface area contributed by atoms with Crippen LogP contribution in [0.15, 0.2) is 24.3 Å². The van der Waals surface area contributed by atoms with Gasteiger partial charge in [0, 0.05) is 12.2 Å². The van der Waals surface area contributed by atoms with E-state index in [2.05, 4.69) is 5.32 Å². The summed E-state index contributed by atoms with van der Waals surface area (Å²) in [5, 5.41) is 20.6. The SMILES string of the molecule is COc1ccc(NCC(O)CO)cc1. The molecule has 0 aliphatic carbocycles. The molecule has 0 saturated heterocycles. The first-order chi connectivity index (χ1) is 6.76. The second-order valence-electron chi connectivity index (χ2n) is 2.95. The fraction of sp³-hybridized carbons (Fsp3) is 0.400. The topological polar surface area (TPSA) is 61.7 Å². The van der Waals surface area contributed by atoms with E-state index in [4.69, 9.17) is 14.9 Å². The summed E-state index contributed by atoms with van der Waals surface area (Å²) < 4.78 is 5.00. The monoisotopic (exact) mass is 197 g/mol. The third-order valence-electron chi connectivity index (χ3n) is 1.84. The molecule has 1 rings (SSSR count). The third kappa shape index (κ3) is 3.24. The second kappa shape index (κ2) is 5.47. The molecule has 4 nitrogen and oxygen atoms in total. The van der Waals surface area contributed by atoms with Crippen molar-refractivity contribution in [1.82, 2.24) is 0 Å². The number of anilines is 1. The van der Waals surface area contributed by atoms with Gasteiger partial charge in [-0.15, -0.1) is 0 Å². The molecule has 4 heteroatoms. The molecule has 3 N–H and O–H groups in total. The zero-order valence-electron chi connectivity index (χ0n) is 8.10. The van der Waals surface area contributed by atoms with Crippen LogP contribution in [0.1, 0.15) is 0 Å². The van der Waals surface area contributed by atoms with E-state index in [1.54, 1.807) is 7.11 Å². The summed E-state index contributed by atoms with van der Waals surface area (Å²) in [6.45, 7) is 0.103. The van der Waals surface area contributed by atoms with Gasteiger partial charge in [-0.2, -0.15) is 0 Å². The molecule has 0 fully saturated rings. The maximum absolute atomic E-state index is 9.08. The quantitative estimate of drug-likeness (QED) is 0.641. The van der Waals surface area contributed by atoms with E-state index in [-0.39, 0.29) is 6.61 Å². The van der Waals surface area contributed by atoms with Gasteiger partial charge in [0.1, 0.15) is 5.75 Å². The van der Waals surface area contributed by atoms with Crippen molar-refractivity contribution in [1.29, 1.82) is 0 Å². The van der Waals surface area contributed by atoms with Crippen LogP contribution < -0.4 is 10.1 Å². The maximum Gasteiger partial charge on any atom is 0.119 e. The van der Waals surface area contributed by atoms with Crippen LogP contribution in [0.3, 0.4) is 0 Å². The minimum Gasteiger partial charge on any atom is -0.497 e. The molecule has 0 amide bonds. The van der Waals surface area contributed by atoms with Crippen molar-refractivity contribution < 1.29 is 14.9 Å². The van der Waals surface area contributed by atoms with E-state index in [0.29, 0.717) is 6.54 Å². The number of hydrogen-bond acceptors (Lipinski definition) is 4. The first-order valence-corrected chi connectivity index (χ1v) is 4.43. The van der Waals surface area contributed by atoms with Crippen molar-refractivity contribution >= 4 is 5.69 Å². The predicted octanol–water partition coefficient (Wildman–Crippen LogP) is 0.460. The molecule has 0 radical (unpaired) electrons. The Kier molecular flexibility index (Phi) is 4.22. The highest BCUT2D eigenvalue weighted by atomic mass is 16.5. The zero-order chi connectivity index (χ0) is 10.4. The van der Waals surface area contributed by atoms with Gasteiger partial charge in [0.2, 0.25) is 0 Å². The summed E-state index contributed by atoms with van der Waals surface area (Å²) in [6, 6.07) is 7.35. The van der Waals surface area contributed by atoms with Crippen molar-refractivity contribution in [2.45, 2.75) is 6.10 Å². The molecule has 1 unspecified atom stereocenters. The summed E-state index contributed by atoms with van der Waals surface area (Å²) >= 11 is 0. The van der Waals surface area contributed by atoms with Crippen LogP contribution in [0.2, 0.25) is 0 Å². The highest BCUT2D eigenvalue weighted by Gasteiger charge is 2.00. The number of benzene rings is 1. The van der Waals surface area contributed by atoms with Crippen molar-refractivity contribution in [2.75, 3.05) is 25.6 Å². The van der Waals surface area contributed by atoms with E-state index in [9.17, 15) is 0 Å². The molecule has 1 aromatic carbocycles. The first-order valence-electron chi connectivity index (χ1n) is 4.43. The Morgan fingerprint density at radius 2 is 2.00 bits per heavy atom. The third-order valence-corrected chi connectivity index (χ3v) is 1.84. The predicted molar refractivity (Wildman–Crippen MR) is 54.6 cm³/mol. The molecule has 78 valence electrons. The fourth-order valence-corrected chi connectivity index (χ4v) is 1.01. The number of hydrogen-bond donors (Lipinski definition) is 3. The van der Waals surface area contributed by atoms with Gasteiger partial charge in [0.05, 0.1) is 19.8 Å². The number of ether oxygens (including phenoxy) is 1. The van der Waals surface area contributed by atoms with Gasteiger partial charge in [0.15, 0.2) is 0 Å². The van der Waals surface area contributed by atoms with Gasteiger partial charge in [-0.05, 0) is 24.3 Å². The largest absolute Gasteiger partial charge is 0.497 e. The lowest BCUT2D eigenvalue weighted by molar-refractivity contribution is 0.105. The van der Waals surface area contributed by atoms with Crippen molar-refractivity contribution in [3.05, 3.63) is 24.3 Å². The number of rotatable bonds is 5. The highest BCUT2D eigenvalue weighted by molar-refractivity contribution is 5.46. The molecule has 1 atom stereocenters. The lowest BCUT2D eigenvalue weighted by Crippen LogP contribution is -2.22. The Morgan fingerprint density at radius 3 is 2.50 bits per heavy atom. The van der Waals surface area contributed by atoms with Crippen LogP contribution in [0.4, 0.5) is 5.69 Å². The molecule has 0 heterocycles. The van der Waals surface area contributed by atoms with E-state index in [1.807, 2.05) is 24.3 Å². The molecule has 14 heavy (non-hydrogen) atoms. The molecular weight excluding hydrogens is 182 g/mol. The smallest absolute Gasteiger partial charge is 0.119 e. The van der Waals surface area contributed by atoms with Gasteiger partial charge < -0.3 is 20.3 Å². The lowest BCUT2D eigenvalue weighted by Gasteiger charge is -2.10. The number of aliphatic hydroxyl groups excluding tert-OH is 2. The number of aliphatic hydroxyl groups is 2. The van der Waals surface area contributed by atoms with Crippen LogP contribution in [0.25, 0.3) is 0 Å². The summed E-state index contributed by atoms with van der Waals surface area (Å²) in [6.07, 6.45) is -0.725. The molecule has 0 saturated carbocycles. The summed E-state index contributed by atoms with van der Waals surface area (Å²) in [5.41, 5.74) is 0.887. The fourth-order valence-electron chi connectivity index (χ4n) is 1.01. The highest BCUT2D eigenvalue weighted by Crippen LogP contribution is 2.14. The van der Waals surface area contributed by atoms with E-state index < -0.39 is 6.10 Å². The molecule has 0 aromatic heterocycles. The van der Waals surface area contributed by atoms with Gasteiger partial charge in [-0.3, -0.25) is 0 Å². The molecule has 1 aromatic rings. The first kappa shape index (κ1) is 10.8. The van der Waals surface area contributed by atoms with Crippen LogP contribution in [0.5, 0.6) is 5.75 Å².